The summed E-state index contributed by atoms with van der Waals surface area (Å²) >= 11 is 0.992. The summed E-state index contributed by atoms with van der Waals surface area (Å²) in [5, 5.41) is 4.57. The zero-order valence-electron chi connectivity index (χ0n) is 12.4. The predicted molar refractivity (Wildman–Crippen MR) is 85.6 cm³/mol. The molecule has 4 nitrogen and oxygen atoms in total. The molecular weight excluding hydrogens is 330 g/mol. The first-order valence-corrected chi connectivity index (χ1v) is 10.1. The minimum absolute atomic E-state index is 0.0547. The van der Waals surface area contributed by atoms with E-state index in [1.807, 2.05) is 0 Å². The minimum atomic E-state index is -3.78. The Morgan fingerprint density at radius 3 is 2.43 bits per heavy atom. The number of thiophene rings is 1. The van der Waals surface area contributed by atoms with Crippen LogP contribution in [0.25, 0.3) is 0 Å². The summed E-state index contributed by atoms with van der Waals surface area (Å²) in [6.45, 7) is 6.10. The number of nitrogens with one attached hydrogen (secondary N) is 1. The smallest absolute Gasteiger partial charge is 0.271 e. The summed E-state index contributed by atoms with van der Waals surface area (Å²) in [6.07, 6.45) is 4.09. The van der Waals surface area contributed by atoms with Gasteiger partial charge in [0.15, 0.2) is 0 Å². The molecule has 2 rings (SSSR count). The molecule has 1 aromatic heterocycles. The Bertz CT molecular complexity index is 639. The van der Waals surface area contributed by atoms with E-state index in [1.165, 1.54) is 0 Å². The maximum Gasteiger partial charge on any atom is 0.271 e. The van der Waals surface area contributed by atoms with Gasteiger partial charge in [-0.15, -0.1) is 11.3 Å². The second-order valence-corrected chi connectivity index (χ2v) is 10.1. The molecule has 0 unspecified atom stereocenters. The Hall–Kier alpha value is -0.590. The lowest BCUT2D eigenvalue weighted by Crippen LogP contribution is -2.39. The standard InChI is InChI=1S/C14H20ClNO3S2/c1-9-11(8-20-13(9)21(15,18)19)12(17)16-10-4-6-14(2,3)7-5-10/h8,10H,4-7H2,1-3H3,(H,16,17). The van der Waals surface area contributed by atoms with Gasteiger partial charge in [-0.25, -0.2) is 8.42 Å². The summed E-state index contributed by atoms with van der Waals surface area (Å²) in [4.78, 5) is 12.3. The zero-order valence-corrected chi connectivity index (χ0v) is 14.8. The van der Waals surface area contributed by atoms with Crippen molar-refractivity contribution >= 4 is 37.0 Å². The van der Waals surface area contributed by atoms with Crippen LogP contribution in [0.15, 0.2) is 9.59 Å². The van der Waals surface area contributed by atoms with E-state index < -0.39 is 9.05 Å². The third-order valence-corrected chi connectivity index (χ3v) is 7.44. The summed E-state index contributed by atoms with van der Waals surface area (Å²) in [5.74, 6) is -0.208. The summed E-state index contributed by atoms with van der Waals surface area (Å²) in [5.41, 5.74) is 1.19. The SMILES string of the molecule is Cc1c(C(=O)NC2CCC(C)(C)CC2)csc1S(=O)(=O)Cl. The van der Waals surface area contributed by atoms with E-state index in [2.05, 4.69) is 19.2 Å². The highest BCUT2D eigenvalue weighted by Gasteiger charge is 2.29. The summed E-state index contributed by atoms with van der Waals surface area (Å²) in [6, 6.07) is 0.167. The lowest BCUT2D eigenvalue weighted by Gasteiger charge is -2.34. The monoisotopic (exact) mass is 349 g/mol. The van der Waals surface area contributed by atoms with Crippen LogP contribution in [0.1, 0.15) is 55.5 Å². The Morgan fingerprint density at radius 1 is 1.38 bits per heavy atom. The first-order valence-electron chi connectivity index (χ1n) is 6.94. The van der Waals surface area contributed by atoms with Crippen molar-refractivity contribution in [2.24, 2.45) is 5.41 Å². The van der Waals surface area contributed by atoms with Crippen molar-refractivity contribution in [2.45, 2.75) is 56.7 Å². The van der Waals surface area contributed by atoms with E-state index in [-0.39, 0.29) is 16.2 Å². The van der Waals surface area contributed by atoms with Crippen LogP contribution in [-0.4, -0.2) is 20.4 Å². The molecule has 0 saturated heterocycles. The van der Waals surface area contributed by atoms with Gasteiger partial charge >= 0.3 is 0 Å². The number of rotatable bonds is 3. The van der Waals surface area contributed by atoms with E-state index in [4.69, 9.17) is 10.7 Å². The predicted octanol–water partition coefficient (Wildman–Crippen LogP) is 3.68. The van der Waals surface area contributed by atoms with E-state index in [0.717, 1.165) is 37.0 Å². The van der Waals surface area contributed by atoms with Crippen LogP contribution < -0.4 is 5.32 Å². The van der Waals surface area contributed by atoms with Crippen LogP contribution in [-0.2, 0) is 9.05 Å². The molecule has 1 N–H and O–H groups in total. The Labute approximate surface area is 134 Å². The molecular formula is C14H20ClNO3S2. The maximum atomic E-state index is 12.3. The van der Waals surface area contributed by atoms with E-state index in [9.17, 15) is 13.2 Å². The fourth-order valence-electron chi connectivity index (χ4n) is 2.67. The largest absolute Gasteiger partial charge is 0.349 e. The highest BCUT2D eigenvalue weighted by molar-refractivity contribution is 8.15. The van der Waals surface area contributed by atoms with Crippen molar-refractivity contribution in [3.63, 3.8) is 0 Å². The lowest BCUT2D eigenvalue weighted by molar-refractivity contribution is 0.0909. The van der Waals surface area contributed by atoms with Gasteiger partial charge < -0.3 is 5.32 Å². The van der Waals surface area contributed by atoms with Crippen molar-refractivity contribution in [2.75, 3.05) is 0 Å². The van der Waals surface area contributed by atoms with Crippen molar-refractivity contribution in [1.29, 1.82) is 0 Å². The Morgan fingerprint density at radius 2 is 1.95 bits per heavy atom. The van der Waals surface area contributed by atoms with Gasteiger partial charge in [-0.2, -0.15) is 0 Å². The molecule has 1 fully saturated rings. The summed E-state index contributed by atoms with van der Waals surface area (Å²) < 4.78 is 22.8. The quantitative estimate of drug-likeness (QED) is 0.846. The number of carbonyl (C=O) groups excluding carboxylic acids is 1. The third-order valence-electron chi connectivity index (χ3n) is 4.13. The van der Waals surface area contributed by atoms with Crippen molar-refractivity contribution < 1.29 is 13.2 Å². The average Bonchev–Trinajstić information content (AvgIpc) is 2.73. The molecule has 0 aliphatic heterocycles. The lowest BCUT2D eigenvalue weighted by atomic mass is 9.75. The second kappa shape index (κ2) is 5.89. The van der Waals surface area contributed by atoms with Gasteiger partial charge in [-0.1, -0.05) is 13.8 Å². The molecule has 1 aromatic rings. The number of carbonyl (C=O) groups is 1. The van der Waals surface area contributed by atoms with Crippen LogP contribution in [0.5, 0.6) is 0 Å². The molecule has 0 bridgehead atoms. The molecule has 0 radical (unpaired) electrons. The van der Waals surface area contributed by atoms with Gasteiger partial charge in [0.25, 0.3) is 15.0 Å². The molecule has 0 atom stereocenters. The molecule has 1 amide bonds. The zero-order chi connectivity index (χ0) is 15.8. The van der Waals surface area contributed by atoms with Gasteiger partial charge in [0.05, 0.1) is 5.56 Å². The molecule has 21 heavy (non-hydrogen) atoms. The fraction of sp³-hybridized carbons (Fsp3) is 0.643. The van der Waals surface area contributed by atoms with Crippen LogP contribution in [0.2, 0.25) is 0 Å². The molecule has 1 aliphatic rings. The van der Waals surface area contributed by atoms with E-state index in [0.29, 0.717) is 16.5 Å². The van der Waals surface area contributed by atoms with Gasteiger partial charge in [0.2, 0.25) is 0 Å². The number of halogens is 1. The number of amides is 1. The van der Waals surface area contributed by atoms with Crippen molar-refractivity contribution in [3.8, 4) is 0 Å². The van der Waals surface area contributed by atoms with Crippen molar-refractivity contribution in [3.05, 3.63) is 16.5 Å². The summed E-state index contributed by atoms with van der Waals surface area (Å²) in [7, 11) is 1.57. The molecule has 1 heterocycles. The van der Waals surface area contributed by atoms with Gasteiger partial charge in [-0.3, -0.25) is 4.79 Å². The van der Waals surface area contributed by atoms with Crippen LogP contribution >= 0.6 is 22.0 Å². The van der Waals surface area contributed by atoms with Crippen molar-refractivity contribution in [1.82, 2.24) is 5.32 Å². The molecule has 1 aliphatic carbocycles. The Kier molecular flexibility index (Phi) is 4.71. The normalized spacial score (nSPS) is 19.4. The number of hydrogen-bond donors (Lipinski definition) is 1. The fourth-order valence-corrected chi connectivity index (χ4v) is 5.22. The maximum absolute atomic E-state index is 12.3. The molecule has 0 aromatic carbocycles. The molecule has 7 heteroatoms. The van der Waals surface area contributed by atoms with Crippen LogP contribution in [0, 0.1) is 12.3 Å². The highest BCUT2D eigenvalue weighted by atomic mass is 35.7. The number of hydrogen-bond acceptors (Lipinski definition) is 4. The van der Waals surface area contributed by atoms with Gasteiger partial charge in [0.1, 0.15) is 4.21 Å². The topological polar surface area (TPSA) is 63.2 Å². The second-order valence-electron chi connectivity index (χ2n) is 6.41. The van der Waals surface area contributed by atoms with E-state index in [1.54, 1.807) is 12.3 Å². The molecule has 118 valence electrons. The highest BCUT2D eigenvalue weighted by Crippen LogP contribution is 2.35. The average molecular weight is 350 g/mol. The van der Waals surface area contributed by atoms with E-state index >= 15 is 0 Å². The first-order chi connectivity index (χ1) is 9.60. The van der Waals surface area contributed by atoms with Crippen LogP contribution in [0.3, 0.4) is 0 Å². The third kappa shape index (κ3) is 3.99. The molecule has 0 spiro atoms. The first kappa shape index (κ1) is 16.8. The minimum Gasteiger partial charge on any atom is -0.349 e. The van der Waals surface area contributed by atoms with Gasteiger partial charge in [0, 0.05) is 22.1 Å². The molecule has 1 saturated carbocycles. The van der Waals surface area contributed by atoms with Gasteiger partial charge in [-0.05, 0) is 43.6 Å². The van der Waals surface area contributed by atoms with Crippen LogP contribution in [0.4, 0.5) is 0 Å². The Balaban J connectivity index is 2.07.